The second-order valence-corrected chi connectivity index (χ2v) is 6.13. The van der Waals surface area contributed by atoms with Crippen molar-refractivity contribution in [3.8, 4) is 0 Å². The number of aryl methyl sites for hydroxylation is 1. The highest BCUT2D eigenvalue weighted by Gasteiger charge is 2.26. The largest absolute Gasteiger partial charge is 0.352 e. The Morgan fingerprint density at radius 1 is 1.38 bits per heavy atom. The van der Waals surface area contributed by atoms with Crippen LogP contribution in [-0.2, 0) is 11.3 Å². The molecule has 2 amide bonds. The van der Waals surface area contributed by atoms with Crippen LogP contribution >= 0.6 is 11.6 Å². The minimum atomic E-state index is -0.193. The van der Waals surface area contributed by atoms with Crippen LogP contribution in [-0.4, -0.2) is 34.7 Å². The first-order valence-electron chi connectivity index (χ1n) is 8.01. The number of halogens is 1. The summed E-state index contributed by atoms with van der Waals surface area (Å²) in [7, 11) is 0. The summed E-state index contributed by atoms with van der Waals surface area (Å²) in [5.41, 5.74) is 1.07. The summed E-state index contributed by atoms with van der Waals surface area (Å²) in [6.45, 7) is 1.90. The molecular weight excluding hydrogens is 328 g/mol. The quantitative estimate of drug-likeness (QED) is 0.817. The van der Waals surface area contributed by atoms with E-state index >= 15 is 0 Å². The Morgan fingerprint density at radius 2 is 2.25 bits per heavy atom. The predicted octanol–water partition coefficient (Wildman–Crippen LogP) is 2.48. The molecule has 0 spiro atoms. The molecule has 0 radical (unpaired) electrons. The molecule has 126 valence electrons. The van der Waals surface area contributed by atoms with E-state index in [0.29, 0.717) is 35.8 Å². The van der Waals surface area contributed by atoms with E-state index in [1.54, 1.807) is 29.3 Å². The summed E-state index contributed by atoms with van der Waals surface area (Å²) in [5, 5.41) is 7.53. The number of carbonyl (C=O) groups is 2. The van der Waals surface area contributed by atoms with Crippen molar-refractivity contribution in [3.05, 3.63) is 47.2 Å². The van der Waals surface area contributed by atoms with E-state index in [0.717, 1.165) is 19.4 Å². The molecule has 1 aliphatic heterocycles. The maximum atomic E-state index is 12.5. The van der Waals surface area contributed by atoms with Crippen molar-refractivity contribution in [2.45, 2.75) is 25.8 Å². The molecule has 0 bridgehead atoms. The van der Waals surface area contributed by atoms with Gasteiger partial charge in [0.05, 0.1) is 11.3 Å². The van der Waals surface area contributed by atoms with Gasteiger partial charge in [0.25, 0.3) is 5.91 Å². The van der Waals surface area contributed by atoms with E-state index in [2.05, 4.69) is 10.4 Å². The summed E-state index contributed by atoms with van der Waals surface area (Å²) < 4.78 is 1.82. The predicted molar refractivity (Wildman–Crippen MR) is 92.2 cm³/mol. The van der Waals surface area contributed by atoms with Crippen molar-refractivity contribution in [2.24, 2.45) is 0 Å². The van der Waals surface area contributed by atoms with Crippen LogP contribution in [0.25, 0.3) is 0 Å². The molecule has 0 unspecified atom stereocenters. The van der Waals surface area contributed by atoms with E-state index in [9.17, 15) is 9.59 Å². The lowest BCUT2D eigenvalue weighted by atomic mass is 10.1. The van der Waals surface area contributed by atoms with Gasteiger partial charge in [-0.05, 0) is 37.1 Å². The molecular formula is C17H19ClN4O2. The first-order valence-corrected chi connectivity index (χ1v) is 8.38. The highest BCUT2D eigenvalue weighted by molar-refractivity contribution is 6.31. The molecule has 1 aromatic carbocycles. The fraction of sp³-hybridized carbons (Fsp3) is 0.353. The van der Waals surface area contributed by atoms with Crippen molar-refractivity contribution >= 4 is 29.1 Å². The van der Waals surface area contributed by atoms with E-state index in [1.807, 2.05) is 16.9 Å². The van der Waals surface area contributed by atoms with Crippen LogP contribution in [0, 0.1) is 0 Å². The molecule has 0 aliphatic carbocycles. The number of amides is 2. The van der Waals surface area contributed by atoms with Crippen LogP contribution in [0.15, 0.2) is 36.7 Å². The van der Waals surface area contributed by atoms with Gasteiger partial charge >= 0.3 is 0 Å². The van der Waals surface area contributed by atoms with Crippen molar-refractivity contribution < 1.29 is 9.59 Å². The van der Waals surface area contributed by atoms with Gasteiger partial charge in [-0.1, -0.05) is 11.6 Å². The molecule has 1 aromatic heterocycles. The minimum Gasteiger partial charge on any atom is -0.352 e. The van der Waals surface area contributed by atoms with E-state index in [4.69, 9.17) is 11.6 Å². The maximum Gasteiger partial charge on any atom is 0.253 e. The molecule has 1 saturated heterocycles. The summed E-state index contributed by atoms with van der Waals surface area (Å²) >= 11 is 6.05. The lowest BCUT2D eigenvalue weighted by molar-refractivity contribution is -0.117. The van der Waals surface area contributed by atoms with E-state index in [1.165, 1.54) is 0 Å². The number of nitrogens with one attached hydrogen (secondary N) is 1. The fourth-order valence-electron chi connectivity index (χ4n) is 2.79. The van der Waals surface area contributed by atoms with Crippen LogP contribution in [0.3, 0.4) is 0 Å². The van der Waals surface area contributed by atoms with Crippen molar-refractivity contribution in [1.82, 2.24) is 15.1 Å². The second-order valence-electron chi connectivity index (χ2n) is 5.69. The normalized spacial score (nSPS) is 14.2. The lowest BCUT2D eigenvalue weighted by Crippen LogP contribution is -2.30. The molecule has 1 aliphatic rings. The molecule has 1 N–H and O–H groups in total. The second kappa shape index (κ2) is 7.49. The lowest BCUT2D eigenvalue weighted by Gasteiger charge is -2.19. The van der Waals surface area contributed by atoms with Gasteiger partial charge in [0.1, 0.15) is 0 Å². The Morgan fingerprint density at radius 3 is 2.96 bits per heavy atom. The topological polar surface area (TPSA) is 67.2 Å². The van der Waals surface area contributed by atoms with Gasteiger partial charge in [0.2, 0.25) is 5.91 Å². The molecule has 7 heteroatoms. The Hall–Kier alpha value is -2.34. The summed E-state index contributed by atoms with van der Waals surface area (Å²) in [5.74, 6) is -0.160. The van der Waals surface area contributed by atoms with E-state index in [-0.39, 0.29) is 11.8 Å². The Balaban J connectivity index is 1.64. The number of hydrogen-bond donors (Lipinski definition) is 1. The van der Waals surface area contributed by atoms with Crippen molar-refractivity contribution in [2.75, 3.05) is 18.0 Å². The van der Waals surface area contributed by atoms with Gasteiger partial charge in [-0.15, -0.1) is 0 Å². The third kappa shape index (κ3) is 3.76. The molecule has 6 nitrogen and oxygen atoms in total. The standard InChI is InChI=1S/C17H19ClN4O2/c18-13-5-6-14(15(12-13)22-11-1-4-16(22)23)17(24)19-7-2-9-21-10-3-8-20-21/h3,5-6,8,10,12H,1-2,4,7,9,11H2,(H,19,24). The third-order valence-electron chi connectivity index (χ3n) is 3.98. The zero-order valence-electron chi connectivity index (χ0n) is 13.2. The van der Waals surface area contributed by atoms with Gasteiger partial charge < -0.3 is 10.2 Å². The van der Waals surface area contributed by atoms with Crippen LogP contribution in [0.5, 0.6) is 0 Å². The highest BCUT2D eigenvalue weighted by atomic mass is 35.5. The number of benzene rings is 1. The summed E-state index contributed by atoms with van der Waals surface area (Å²) in [4.78, 5) is 26.1. The molecule has 3 rings (SSSR count). The Labute approximate surface area is 145 Å². The van der Waals surface area contributed by atoms with Gasteiger partial charge in [-0.2, -0.15) is 5.10 Å². The number of anilines is 1. The van der Waals surface area contributed by atoms with E-state index < -0.39 is 0 Å². The number of hydrogen-bond acceptors (Lipinski definition) is 3. The zero-order valence-corrected chi connectivity index (χ0v) is 14.0. The number of carbonyl (C=O) groups excluding carboxylic acids is 2. The molecule has 0 saturated carbocycles. The van der Waals surface area contributed by atoms with Crippen molar-refractivity contribution in [3.63, 3.8) is 0 Å². The van der Waals surface area contributed by atoms with Crippen LogP contribution < -0.4 is 10.2 Å². The molecule has 0 atom stereocenters. The molecule has 24 heavy (non-hydrogen) atoms. The smallest absolute Gasteiger partial charge is 0.253 e. The van der Waals surface area contributed by atoms with Crippen molar-refractivity contribution in [1.29, 1.82) is 0 Å². The highest BCUT2D eigenvalue weighted by Crippen LogP contribution is 2.28. The molecule has 1 fully saturated rings. The van der Waals surface area contributed by atoms with Gasteiger partial charge in [-0.3, -0.25) is 14.3 Å². The first kappa shape index (κ1) is 16.5. The average molecular weight is 347 g/mol. The Bertz CT molecular complexity index is 730. The van der Waals surface area contributed by atoms with Crippen LogP contribution in [0.2, 0.25) is 5.02 Å². The van der Waals surface area contributed by atoms with Gasteiger partial charge in [0, 0.05) is 43.5 Å². The fourth-order valence-corrected chi connectivity index (χ4v) is 2.96. The monoisotopic (exact) mass is 346 g/mol. The van der Waals surface area contributed by atoms with Gasteiger partial charge in [-0.25, -0.2) is 0 Å². The van der Waals surface area contributed by atoms with Crippen LogP contribution in [0.1, 0.15) is 29.6 Å². The van der Waals surface area contributed by atoms with Crippen LogP contribution in [0.4, 0.5) is 5.69 Å². The molecule has 2 aromatic rings. The number of rotatable bonds is 6. The summed E-state index contributed by atoms with van der Waals surface area (Å²) in [6.07, 6.45) is 5.70. The average Bonchev–Trinajstić information content (AvgIpc) is 3.22. The minimum absolute atomic E-state index is 0.0324. The summed E-state index contributed by atoms with van der Waals surface area (Å²) in [6, 6.07) is 6.89. The third-order valence-corrected chi connectivity index (χ3v) is 4.21. The number of aromatic nitrogens is 2. The maximum absolute atomic E-state index is 12.5. The number of nitrogens with zero attached hydrogens (tertiary/aromatic N) is 3. The first-order chi connectivity index (χ1) is 11.6. The molecule has 2 heterocycles. The zero-order chi connectivity index (χ0) is 16.9. The van der Waals surface area contributed by atoms with Gasteiger partial charge in [0.15, 0.2) is 0 Å². The Kier molecular flexibility index (Phi) is 5.15. The SMILES string of the molecule is O=C(NCCCn1cccn1)c1ccc(Cl)cc1N1CCCC1=O.